The van der Waals surface area contributed by atoms with Crippen LogP contribution >= 0.6 is 0 Å². The van der Waals surface area contributed by atoms with Crippen molar-refractivity contribution < 1.29 is 28.6 Å². The molecule has 0 radical (unpaired) electrons. The van der Waals surface area contributed by atoms with Crippen molar-refractivity contribution in [2.24, 2.45) is 0 Å². The lowest BCUT2D eigenvalue weighted by molar-refractivity contribution is -0.162. The number of carbonyl (C=O) groups excluding carboxylic acids is 3. The number of hydrogen-bond donors (Lipinski definition) is 1. The molecular weight excluding hydrogens is 486 g/mol. The molecule has 0 aromatic heterocycles. The zero-order valence-electron chi connectivity index (χ0n) is 25.1. The molecule has 9 nitrogen and oxygen atoms in total. The normalized spacial score (nSPS) is 13.4. The van der Waals surface area contributed by atoms with Crippen LogP contribution in [-0.2, 0) is 35.0 Å². The van der Waals surface area contributed by atoms with E-state index in [1.807, 2.05) is 56.9 Å². The molecule has 1 rings (SSSR count). The van der Waals surface area contributed by atoms with Crippen LogP contribution in [0.4, 0.5) is 5.69 Å². The number of rotatable bonds is 12. The van der Waals surface area contributed by atoms with Crippen LogP contribution in [0.5, 0.6) is 0 Å². The molecular formula is C29H49N3O6. The Balaban J connectivity index is 3.31. The van der Waals surface area contributed by atoms with Gasteiger partial charge in [-0.05, 0) is 93.0 Å². The monoisotopic (exact) mass is 535 g/mol. The number of hydrogen-bond acceptors (Lipinski definition) is 9. The number of nitrogens with two attached hydrogens (primary N) is 1. The second-order valence-corrected chi connectivity index (χ2v) is 12.6. The van der Waals surface area contributed by atoms with Crippen molar-refractivity contribution in [3.63, 3.8) is 0 Å². The highest BCUT2D eigenvalue weighted by Crippen LogP contribution is 2.17. The van der Waals surface area contributed by atoms with E-state index in [9.17, 15) is 14.4 Å². The van der Waals surface area contributed by atoms with E-state index in [-0.39, 0.29) is 31.6 Å². The Morgan fingerprint density at radius 2 is 1.13 bits per heavy atom. The largest absolute Gasteiger partial charge is 0.459 e. The lowest BCUT2D eigenvalue weighted by Crippen LogP contribution is -2.51. The molecule has 1 aromatic rings. The Labute approximate surface area is 229 Å². The van der Waals surface area contributed by atoms with Crippen molar-refractivity contribution in [2.75, 3.05) is 38.5 Å². The molecule has 0 aliphatic rings. The number of nitrogen functional groups attached to an aromatic ring is 1. The van der Waals surface area contributed by atoms with E-state index in [0.29, 0.717) is 25.2 Å². The summed E-state index contributed by atoms with van der Waals surface area (Å²) in [5, 5.41) is 0. The summed E-state index contributed by atoms with van der Waals surface area (Å²) in [4.78, 5) is 42.1. The molecule has 0 saturated heterocycles. The predicted molar refractivity (Wildman–Crippen MR) is 150 cm³/mol. The Hall–Kier alpha value is -2.65. The zero-order chi connectivity index (χ0) is 29.3. The van der Waals surface area contributed by atoms with Gasteiger partial charge in [0, 0.05) is 18.3 Å². The quantitative estimate of drug-likeness (QED) is 0.242. The van der Waals surface area contributed by atoms with Gasteiger partial charge < -0.3 is 19.9 Å². The fourth-order valence-electron chi connectivity index (χ4n) is 3.79. The lowest BCUT2D eigenvalue weighted by Gasteiger charge is -2.35. The molecule has 0 saturated carbocycles. The second kappa shape index (κ2) is 13.9. The van der Waals surface area contributed by atoms with Gasteiger partial charge in [-0.3, -0.25) is 24.2 Å². The second-order valence-electron chi connectivity index (χ2n) is 12.6. The molecule has 0 aliphatic heterocycles. The highest BCUT2D eigenvalue weighted by molar-refractivity contribution is 5.75. The van der Waals surface area contributed by atoms with Crippen LogP contribution in [-0.4, -0.2) is 83.3 Å². The van der Waals surface area contributed by atoms with Crippen LogP contribution in [0.15, 0.2) is 24.3 Å². The number of esters is 3. The topological polar surface area (TPSA) is 111 Å². The van der Waals surface area contributed by atoms with Gasteiger partial charge in [0.25, 0.3) is 0 Å². The lowest BCUT2D eigenvalue weighted by atomic mass is 10.0. The summed E-state index contributed by atoms with van der Waals surface area (Å²) < 4.78 is 16.7. The number of nitrogens with zero attached hydrogens (tertiary/aromatic N) is 2. The Kier molecular flexibility index (Phi) is 12.2. The minimum Gasteiger partial charge on any atom is -0.459 e. The van der Waals surface area contributed by atoms with Crippen LogP contribution in [0.25, 0.3) is 0 Å². The van der Waals surface area contributed by atoms with Gasteiger partial charge in [0.15, 0.2) is 0 Å². The summed E-state index contributed by atoms with van der Waals surface area (Å²) >= 11 is 0. The summed E-state index contributed by atoms with van der Waals surface area (Å²) in [5.41, 5.74) is 5.56. The van der Waals surface area contributed by atoms with Gasteiger partial charge >= 0.3 is 17.9 Å². The first-order valence-electron chi connectivity index (χ1n) is 13.2. The van der Waals surface area contributed by atoms with E-state index in [4.69, 9.17) is 19.9 Å². The predicted octanol–water partition coefficient (Wildman–Crippen LogP) is 3.83. The average Bonchev–Trinajstić information content (AvgIpc) is 2.69. The third-order valence-corrected chi connectivity index (χ3v) is 5.16. The molecule has 0 aliphatic carbocycles. The molecule has 0 bridgehead atoms. The first kappa shape index (κ1) is 33.4. The molecule has 0 heterocycles. The minimum absolute atomic E-state index is 0.0821. The molecule has 9 heteroatoms. The van der Waals surface area contributed by atoms with E-state index < -0.39 is 28.7 Å². The average molecular weight is 536 g/mol. The Morgan fingerprint density at radius 1 is 0.737 bits per heavy atom. The number of benzene rings is 1. The van der Waals surface area contributed by atoms with Crippen molar-refractivity contribution in [2.45, 2.75) is 98.5 Å². The van der Waals surface area contributed by atoms with Crippen LogP contribution in [0.1, 0.15) is 74.8 Å². The van der Waals surface area contributed by atoms with Gasteiger partial charge in [0.2, 0.25) is 0 Å². The van der Waals surface area contributed by atoms with Crippen molar-refractivity contribution in [3.05, 3.63) is 29.8 Å². The van der Waals surface area contributed by atoms with Gasteiger partial charge in [-0.25, -0.2) is 0 Å². The maximum Gasteiger partial charge on any atom is 0.320 e. The van der Waals surface area contributed by atoms with Crippen LogP contribution < -0.4 is 5.73 Å². The van der Waals surface area contributed by atoms with Gasteiger partial charge in [0.1, 0.15) is 16.8 Å². The molecule has 1 unspecified atom stereocenters. The summed E-state index contributed by atoms with van der Waals surface area (Å²) in [6.07, 6.45) is 0.511. The highest BCUT2D eigenvalue weighted by Gasteiger charge is 2.30. The summed E-state index contributed by atoms with van der Waals surface area (Å²) in [7, 11) is 0. The van der Waals surface area contributed by atoms with Gasteiger partial charge in [0.05, 0.1) is 19.6 Å². The maximum atomic E-state index is 12.9. The number of anilines is 1. The van der Waals surface area contributed by atoms with E-state index in [1.54, 1.807) is 46.4 Å². The fourth-order valence-corrected chi connectivity index (χ4v) is 3.79. The van der Waals surface area contributed by atoms with E-state index in [1.165, 1.54) is 0 Å². The SMILES string of the molecule is CCN(CC(=O)OC(C)(C)C)CC(Cc1ccc(N)cc1)N(CC(=O)OC(C)(C)C)CC(=O)OC(C)(C)C. The van der Waals surface area contributed by atoms with Crippen molar-refractivity contribution in [1.82, 2.24) is 9.80 Å². The molecule has 0 fully saturated rings. The van der Waals surface area contributed by atoms with E-state index in [0.717, 1.165) is 5.56 Å². The molecule has 1 aromatic carbocycles. The van der Waals surface area contributed by atoms with Gasteiger partial charge in [-0.15, -0.1) is 0 Å². The van der Waals surface area contributed by atoms with Gasteiger partial charge in [-0.2, -0.15) is 0 Å². The van der Waals surface area contributed by atoms with Crippen molar-refractivity contribution in [1.29, 1.82) is 0 Å². The molecule has 38 heavy (non-hydrogen) atoms. The van der Waals surface area contributed by atoms with Crippen LogP contribution in [0, 0.1) is 0 Å². The third-order valence-electron chi connectivity index (χ3n) is 5.16. The highest BCUT2D eigenvalue weighted by atomic mass is 16.6. The fraction of sp³-hybridized carbons (Fsp3) is 0.690. The number of likely N-dealkylation sites (N-methyl/N-ethyl adjacent to an activating group) is 1. The standard InChI is InChI=1S/C29H49N3O6/c1-11-31(18-24(33)36-27(2,3)4)17-23(16-21-12-14-22(30)15-13-21)32(19-25(34)37-28(5,6)7)20-26(35)38-29(8,9)10/h12-15,23H,11,16-20,30H2,1-10H3. The Bertz CT molecular complexity index is 880. The summed E-state index contributed by atoms with van der Waals surface area (Å²) in [6, 6.07) is 7.16. The molecule has 2 N–H and O–H groups in total. The first-order chi connectivity index (χ1) is 17.3. The zero-order valence-corrected chi connectivity index (χ0v) is 25.1. The van der Waals surface area contributed by atoms with Crippen LogP contribution in [0.3, 0.4) is 0 Å². The third kappa shape index (κ3) is 14.9. The number of ether oxygens (including phenoxy) is 3. The minimum atomic E-state index is -0.673. The summed E-state index contributed by atoms with van der Waals surface area (Å²) in [5.74, 6) is -1.23. The van der Waals surface area contributed by atoms with Gasteiger partial charge in [-0.1, -0.05) is 19.1 Å². The molecule has 0 spiro atoms. The molecule has 1 atom stereocenters. The maximum absolute atomic E-state index is 12.9. The summed E-state index contributed by atoms with van der Waals surface area (Å²) in [6.45, 7) is 19.1. The van der Waals surface area contributed by atoms with E-state index >= 15 is 0 Å². The van der Waals surface area contributed by atoms with Crippen molar-refractivity contribution in [3.8, 4) is 0 Å². The Morgan fingerprint density at radius 3 is 1.50 bits per heavy atom. The molecule has 0 amide bonds. The van der Waals surface area contributed by atoms with E-state index in [2.05, 4.69) is 0 Å². The smallest absolute Gasteiger partial charge is 0.320 e. The molecule has 216 valence electrons. The van der Waals surface area contributed by atoms with Crippen molar-refractivity contribution >= 4 is 23.6 Å². The van der Waals surface area contributed by atoms with Crippen LogP contribution in [0.2, 0.25) is 0 Å². The number of carbonyl (C=O) groups is 3. The first-order valence-corrected chi connectivity index (χ1v) is 13.2.